The molecule has 1 fully saturated rings. The van der Waals surface area contributed by atoms with Gasteiger partial charge in [-0.3, -0.25) is 9.69 Å². The maximum absolute atomic E-state index is 12.2. The van der Waals surface area contributed by atoms with Crippen LogP contribution < -0.4 is 14.8 Å². The molecule has 0 radical (unpaired) electrons. The first-order chi connectivity index (χ1) is 11.6. The van der Waals surface area contributed by atoms with Gasteiger partial charge < -0.3 is 14.8 Å². The van der Waals surface area contributed by atoms with Crippen molar-refractivity contribution in [1.82, 2.24) is 10.2 Å². The normalized spacial score (nSPS) is 17.3. The van der Waals surface area contributed by atoms with Crippen molar-refractivity contribution < 1.29 is 14.3 Å². The SMILES string of the molecule is CCC(C)NC(=O)C1CCN(Cc2ccc(OC)cc2OC)CC1. The molecule has 1 heterocycles. The van der Waals surface area contributed by atoms with E-state index in [0.29, 0.717) is 0 Å². The number of carbonyl (C=O) groups excluding carboxylic acids is 1. The van der Waals surface area contributed by atoms with Crippen LogP contribution in [0.1, 0.15) is 38.7 Å². The van der Waals surface area contributed by atoms with Gasteiger partial charge in [-0.15, -0.1) is 0 Å². The maximum atomic E-state index is 12.2. The van der Waals surface area contributed by atoms with E-state index in [9.17, 15) is 4.79 Å². The Balaban J connectivity index is 1.88. The van der Waals surface area contributed by atoms with E-state index in [1.165, 1.54) is 0 Å². The molecule has 134 valence electrons. The summed E-state index contributed by atoms with van der Waals surface area (Å²) < 4.78 is 10.7. The van der Waals surface area contributed by atoms with Crippen molar-refractivity contribution in [1.29, 1.82) is 0 Å². The van der Waals surface area contributed by atoms with Crippen molar-refractivity contribution in [3.63, 3.8) is 0 Å². The lowest BCUT2D eigenvalue weighted by Gasteiger charge is -2.32. The van der Waals surface area contributed by atoms with Crippen LogP contribution in [0.25, 0.3) is 0 Å². The summed E-state index contributed by atoms with van der Waals surface area (Å²) in [7, 11) is 3.34. The largest absolute Gasteiger partial charge is 0.497 e. The monoisotopic (exact) mass is 334 g/mol. The van der Waals surface area contributed by atoms with Gasteiger partial charge in [-0.25, -0.2) is 0 Å². The van der Waals surface area contributed by atoms with Crippen LogP contribution in [0.3, 0.4) is 0 Å². The average Bonchev–Trinajstić information content (AvgIpc) is 2.62. The summed E-state index contributed by atoms with van der Waals surface area (Å²) in [5.74, 6) is 2.01. The second kappa shape index (κ2) is 8.92. The number of ether oxygens (including phenoxy) is 2. The van der Waals surface area contributed by atoms with Gasteiger partial charge in [0, 0.05) is 30.1 Å². The Labute approximate surface area is 145 Å². The van der Waals surface area contributed by atoms with Crippen LogP contribution >= 0.6 is 0 Å². The Kier molecular flexibility index (Phi) is 6.91. The molecule has 1 saturated heterocycles. The van der Waals surface area contributed by atoms with Crippen molar-refractivity contribution in [3.8, 4) is 11.5 Å². The minimum absolute atomic E-state index is 0.146. The fraction of sp³-hybridized carbons (Fsp3) is 0.632. The molecule has 1 atom stereocenters. The zero-order valence-electron chi connectivity index (χ0n) is 15.3. The number of nitrogens with one attached hydrogen (secondary N) is 1. The highest BCUT2D eigenvalue weighted by atomic mass is 16.5. The van der Waals surface area contributed by atoms with Gasteiger partial charge in [0.2, 0.25) is 5.91 Å². The molecular weight excluding hydrogens is 304 g/mol. The second-order valence-corrected chi connectivity index (χ2v) is 6.55. The third-order valence-corrected chi connectivity index (χ3v) is 4.85. The van der Waals surface area contributed by atoms with Crippen LogP contribution in [0.2, 0.25) is 0 Å². The first-order valence-corrected chi connectivity index (χ1v) is 8.81. The van der Waals surface area contributed by atoms with Crippen LogP contribution in [0, 0.1) is 5.92 Å². The van der Waals surface area contributed by atoms with Gasteiger partial charge in [-0.2, -0.15) is 0 Å². The highest BCUT2D eigenvalue weighted by Crippen LogP contribution is 2.27. The topological polar surface area (TPSA) is 50.8 Å². The number of hydrogen-bond donors (Lipinski definition) is 1. The fourth-order valence-electron chi connectivity index (χ4n) is 3.04. The molecule has 5 nitrogen and oxygen atoms in total. The number of rotatable bonds is 7. The van der Waals surface area contributed by atoms with Gasteiger partial charge in [0.05, 0.1) is 14.2 Å². The van der Waals surface area contributed by atoms with E-state index in [4.69, 9.17) is 9.47 Å². The lowest BCUT2D eigenvalue weighted by molar-refractivity contribution is -0.127. The molecule has 0 spiro atoms. The van der Waals surface area contributed by atoms with Crippen LogP contribution in [0.15, 0.2) is 18.2 Å². The maximum Gasteiger partial charge on any atom is 0.223 e. The van der Waals surface area contributed by atoms with Crippen LogP contribution in [0.5, 0.6) is 11.5 Å². The standard InChI is InChI=1S/C19H30N2O3/c1-5-14(2)20-19(22)15-8-10-21(11-9-15)13-16-6-7-17(23-3)12-18(16)24-4/h6-7,12,14-15H,5,8-11,13H2,1-4H3,(H,20,22). The summed E-state index contributed by atoms with van der Waals surface area (Å²) in [6, 6.07) is 6.20. The lowest BCUT2D eigenvalue weighted by atomic mass is 9.95. The Hall–Kier alpha value is -1.75. The summed E-state index contributed by atoms with van der Waals surface area (Å²) >= 11 is 0. The van der Waals surface area contributed by atoms with E-state index in [-0.39, 0.29) is 17.9 Å². The van der Waals surface area contributed by atoms with E-state index in [1.807, 2.05) is 12.1 Å². The Morgan fingerprint density at radius 3 is 2.58 bits per heavy atom. The molecule has 1 aliphatic heterocycles. The molecule has 1 aliphatic rings. The molecule has 24 heavy (non-hydrogen) atoms. The number of piperidine rings is 1. The smallest absolute Gasteiger partial charge is 0.223 e. The highest BCUT2D eigenvalue weighted by molar-refractivity contribution is 5.79. The summed E-state index contributed by atoms with van der Waals surface area (Å²) in [6.45, 7) is 6.87. The second-order valence-electron chi connectivity index (χ2n) is 6.55. The third-order valence-electron chi connectivity index (χ3n) is 4.85. The van der Waals surface area contributed by atoms with E-state index in [2.05, 4.69) is 30.1 Å². The van der Waals surface area contributed by atoms with Gasteiger partial charge in [0.25, 0.3) is 0 Å². The molecule has 1 N–H and O–H groups in total. The molecule has 2 rings (SSSR count). The molecule has 1 aromatic rings. The van der Waals surface area contributed by atoms with E-state index in [0.717, 1.165) is 56.0 Å². The number of nitrogens with zero attached hydrogens (tertiary/aromatic N) is 1. The summed E-state index contributed by atoms with van der Waals surface area (Å²) in [4.78, 5) is 14.6. The molecule has 0 aliphatic carbocycles. The van der Waals surface area contributed by atoms with Crippen LogP contribution in [-0.2, 0) is 11.3 Å². The predicted octanol–water partition coefficient (Wildman–Crippen LogP) is 2.83. The molecule has 0 bridgehead atoms. The van der Waals surface area contributed by atoms with Gasteiger partial charge in [0.15, 0.2) is 0 Å². The van der Waals surface area contributed by atoms with Gasteiger partial charge in [-0.1, -0.05) is 13.0 Å². The predicted molar refractivity (Wildman–Crippen MR) is 95.4 cm³/mol. The van der Waals surface area contributed by atoms with Crippen molar-refractivity contribution in [2.45, 2.75) is 45.7 Å². The average molecular weight is 334 g/mol. The van der Waals surface area contributed by atoms with Crippen LogP contribution in [-0.4, -0.2) is 44.2 Å². The van der Waals surface area contributed by atoms with Crippen molar-refractivity contribution >= 4 is 5.91 Å². The Morgan fingerprint density at radius 1 is 1.29 bits per heavy atom. The lowest BCUT2D eigenvalue weighted by Crippen LogP contribution is -2.42. The first-order valence-electron chi connectivity index (χ1n) is 8.81. The highest BCUT2D eigenvalue weighted by Gasteiger charge is 2.26. The minimum atomic E-state index is 0.146. The zero-order chi connectivity index (χ0) is 17.5. The molecule has 5 heteroatoms. The Morgan fingerprint density at radius 2 is 2.00 bits per heavy atom. The molecule has 1 amide bonds. The number of benzene rings is 1. The van der Waals surface area contributed by atoms with Crippen LogP contribution in [0.4, 0.5) is 0 Å². The molecular formula is C19H30N2O3. The summed E-state index contributed by atoms with van der Waals surface area (Å²) in [6.07, 6.45) is 2.81. The summed E-state index contributed by atoms with van der Waals surface area (Å²) in [5, 5.41) is 3.10. The quantitative estimate of drug-likeness (QED) is 0.833. The van der Waals surface area contributed by atoms with Gasteiger partial charge >= 0.3 is 0 Å². The van der Waals surface area contributed by atoms with Crippen molar-refractivity contribution in [3.05, 3.63) is 23.8 Å². The zero-order valence-corrected chi connectivity index (χ0v) is 15.3. The van der Waals surface area contributed by atoms with E-state index in [1.54, 1.807) is 14.2 Å². The number of hydrogen-bond acceptors (Lipinski definition) is 4. The summed E-state index contributed by atoms with van der Waals surface area (Å²) in [5.41, 5.74) is 1.15. The molecule has 0 aromatic heterocycles. The van der Waals surface area contributed by atoms with Crippen molar-refractivity contribution in [2.24, 2.45) is 5.92 Å². The molecule has 1 aromatic carbocycles. The first kappa shape index (κ1) is 18.6. The Bertz CT molecular complexity index is 539. The molecule has 1 unspecified atom stereocenters. The number of carbonyl (C=O) groups is 1. The fourth-order valence-corrected chi connectivity index (χ4v) is 3.04. The van der Waals surface area contributed by atoms with Gasteiger partial charge in [0.1, 0.15) is 11.5 Å². The van der Waals surface area contributed by atoms with Gasteiger partial charge in [-0.05, 0) is 45.3 Å². The van der Waals surface area contributed by atoms with Crippen molar-refractivity contribution in [2.75, 3.05) is 27.3 Å². The number of amides is 1. The van der Waals surface area contributed by atoms with E-state index >= 15 is 0 Å². The third kappa shape index (κ3) is 4.87. The number of methoxy groups -OCH3 is 2. The van der Waals surface area contributed by atoms with E-state index < -0.39 is 0 Å². The number of likely N-dealkylation sites (tertiary alicyclic amines) is 1. The molecule has 0 saturated carbocycles. The minimum Gasteiger partial charge on any atom is -0.497 e.